The summed E-state index contributed by atoms with van der Waals surface area (Å²) in [5, 5.41) is 0. The summed E-state index contributed by atoms with van der Waals surface area (Å²) >= 11 is 0. The molecule has 0 saturated carbocycles. The lowest BCUT2D eigenvalue weighted by Gasteiger charge is -2.22. The number of para-hydroxylation sites is 1. The molecule has 1 aromatic rings. The van der Waals surface area contributed by atoms with Crippen LogP contribution in [0.2, 0.25) is 0 Å². The molecular formula is C15H25N3O2S. The van der Waals surface area contributed by atoms with Crippen molar-refractivity contribution < 1.29 is 8.42 Å². The van der Waals surface area contributed by atoms with Gasteiger partial charge in [-0.25, -0.2) is 13.1 Å². The fourth-order valence-electron chi connectivity index (χ4n) is 2.84. The van der Waals surface area contributed by atoms with Crippen molar-refractivity contribution in [1.29, 1.82) is 0 Å². The van der Waals surface area contributed by atoms with Gasteiger partial charge in [-0.3, -0.25) is 0 Å². The topological polar surface area (TPSA) is 75.4 Å². The highest BCUT2D eigenvalue weighted by Gasteiger charge is 2.27. The molecular weight excluding hydrogens is 286 g/mol. The lowest BCUT2D eigenvalue weighted by Crippen LogP contribution is -2.32. The summed E-state index contributed by atoms with van der Waals surface area (Å²) in [6, 6.07) is 7.11. The quantitative estimate of drug-likeness (QED) is 0.836. The standard InChI is InChI=1S/C15H25N3O2S/c1-12(2)17-21(19,20)15-6-4-3-5-14(15)18-10-8-13(11-18)7-9-16/h3-6,12-13,17H,7-11,16H2,1-2H3. The zero-order chi connectivity index (χ0) is 15.5. The van der Waals surface area contributed by atoms with Gasteiger partial charge in [0.1, 0.15) is 4.90 Å². The van der Waals surface area contributed by atoms with Crippen LogP contribution in [0.4, 0.5) is 5.69 Å². The predicted octanol–water partition coefficient (Wildman–Crippen LogP) is 1.55. The van der Waals surface area contributed by atoms with E-state index in [-0.39, 0.29) is 6.04 Å². The second kappa shape index (κ2) is 6.77. The van der Waals surface area contributed by atoms with E-state index in [9.17, 15) is 8.42 Å². The molecule has 1 aliphatic heterocycles. The first-order chi connectivity index (χ1) is 9.94. The Bertz CT molecular complexity index is 572. The maximum atomic E-state index is 12.5. The third-order valence-corrected chi connectivity index (χ3v) is 5.45. The van der Waals surface area contributed by atoms with E-state index in [0.29, 0.717) is 17.4 Å². The monoisotopic (exact) mass is 311 g/mol. The van der Waals surface area contributed by atoms with E-state index in [1.807, 2.05) is 26.0 Å². The van der Waals surface area contributed by atoms with Crippen molar-refractivity contribution in [3.63, 3.8) is 0 Å². The Morgan fingerprint density at radius 2 is 2.10 bits per heavy atom. The highest BCUT2D eigenvalue weighted by molar-refractivity contribution is 7.89. The second-order valence-corrected chi connectivity index (χ2v) is 7.60. The number of nitrogens with two attached hydrogens (primary N) is 1. The molecule has 0 radical (unpaired) electrons. The minimum Gasteiger partial charge on any atom is -0.370 e. The fourth-order valence-corrected chi connectivity index (χ4v) is 4.32. The number of benzene rings is 1. The molecule has 0 bridgehead atoms. The summed E-state index contributed by atoms with van der Waals surface area (Å²) in [4.78, 5) is 2.53. The van der Waals surface area contributed by atoms with Crippen LogP contribution >= 0.6 is 0 Å². The Morgan fingerprint density at radius 1 is 1.38 bits per heavy atom. The van der Waals surface area contributed by atoms with Gasteiger partial charge in [0.25, 0.3) is 0 Å². The van der Waals surface area contributed by atoms with E-state index in [1.54, 1.807) is 12.1 Å². The summed E-state index contributed by atoms with van der Waals surface area (Å²) in [5.41, 5.74) is 6.42. The van der Waals surface area contributed by atoms with E-state index < -0.39 is 10.0 Å². The molecule has 1 aromatic carbocycles. The molecule has 1 unspecified atom stereocenters. The van der Waals surface area contributed by atoms with Crippen LogP contribution in [0.1, 0.15) is 26.7 Å². The molecule has 1 heterocycles. The molecule has 1 aliphatic rings. The van der Waals surface area contributed by atoms with Crippen LogP contribution in [-0.4, -0.2) is 34.1 Å². The van der Waals surface area contributed by atoms with E-state index in [2.05, 4.69) is 9.62 Å². The summed E-state index contributed by atoms with van der Waals surface area (Å²) in [6.45, 7) is 6.11. The van der Waals surface area contributed by atoms with Crippen LogP contribution in [-0.2, 0) is 10.0 Å². The third-order valence-electron chi connectivity index (χ3n) is 3.75. The number of hydrogen-bond acceptors (Lipinski definition) is 4. The van der Waals surface area contributed by atoms with Crippen LogP contribution in [0.25, 0.3) is 0 Å². The van der Waals surface area contributed by atoms with E-state index >= 15 is 0 Å². The van der Waals surface area contributed by atoms with Crippen LogP contribution in [0.5, 0.6) is 0 Å². The number of nitrogens with zero attached hydrogens (tertiary/aromatic N) is 1. The van der Waals surface area contributed by atoms with Crippen molar-refractivity contribution in [2.45, 2.75) is 37.6 Å². The number of nitrogens with one attached hydrogen (secondary N) is 1. The normalized spacial score (nSPS) is 19.4. The van der Waals surface area contributed by atoms with E-state index in [0.717, 1.165) is 31.6 Å². The van der Waals surface area contributed by atoms with Crippen LogP contribution in [0.15, 0.2) is 29.2 Å². The molecule has 21 heavy (non-hydrogen) atoms. The van der Waals surface area contributed by atoms with Crippen molar-refractivity contribution in [1.82, 2.24) is 4.72 Å². The SMILES string of the molecule is CC(C)NS(=O)(=O)c1ccccc1N1CCC(CCN)C1. The summed E-state index contributed by atoms with van der Waals surface area (Å²) in [6.07, 6.45) is 2.07. The van der Waals surface area contributed by atoms with Gasteiger partial charge in [0.15, 0.2) is 0 Å². The number of rotatable bonds is 6. The van der Waals surface area contributed by atoms with Crippen molar-refractivity contribution in [2.75, 3.05) is 24.5 Å². The lowest BCUT2D eigenvalue weighted by atomic mass is 10.1. The first-order valence-electron chi connectivity index (χ1n) is 7.50. The molecule has 0 spiro atoms. The Hall–Kier alpha value is -1.11. The molecule has 0 amide bonds. The van der Waals surface area contributed by atoms with Crippen molar-refractivity contribution in [3.8, 4) is 0 Å². The summed E-state index contributed by atoms with van der Waals surface area (Å²) < 4.78 is 27.6. The first-order valence-corrected chi connectivity index (χ1v) is 8.98. The number of sulfonamides is 1. The van der Waals surface area contributed by atoms with Gasteiger partial charge in [-0.2, -0.15) is 0 Å². The molecule has 0 aliphatic carbocycles. The molecule has 1 saturated heterocycles. The van der Waals surface area contributed by atoms with Gasteiger partial charge in [0.05, 0.1) is 5.69 Å². The van der Waals surface area contributed by atoms with E-state index in [4.69, 9.17) is 5.73 Å². The number of hydrogen-bond donors (Lipinski definition) is 2. The zero-order valence-electron chi connectivity index (χ0n) is 12.7. The summed E-state index contributed by atoms with van der Waals surface area (Å²) in [7, 11) is -3.47. The van der Waals surface area contributed by atoms with Gasteiger partial charge >= 0.3 is 0 Å². The molecule has 0 aromatic heterocycles. The lowest BCUT2D eigenvalue weighted by molar-refractivity contribution is 0.546. The molecule has 2 rings (SSSR count). The van der Waals surface area contributed by atoms with Gasteiger partial charge in [0.2, 0.25) is 10.0 Å². The van der Waals surface area contributed by atoms with Crippen LogP contribution < -0.4 is 15.4 Å². The Kier molecular flexibility index (Phi) is 5.24. The van der Waals surface area contributed by atoms with Gasteiger partial charge < -0.3 is 10.6 Å². The van der Waals surface area contributed by atoms with Crippen LogP contribution in [0, 0.1) is 5.92 Å². The molecule has 118 valence electrons. The van der Waals surface area contributed by atoms with Gasteiger partial charge in [-0.1, -0.05) is 12.1 Å². The van der Waals surface area contributed by atoms with Gasteiger partial charge in [0, 0.05) is 19.1 Å². The summed E-state index contributed by atoms with van der Waals surface area (Å²) in [5.74, 6) is 0.559. The average molecular weight is 311 g/mol. The zero-order valence-corrected chi connectivity index (χ0v) is 13.6. The smallest absolute Gasteiger partial charge is 0.242 e. The maximum absolute atomic E-state index is 12.5. The fraction of sp³-hybridized carbons (Fsp3) is 0.600. The minimum absolute atomic E-state index is 0.119. The van der Waals surface area contributed by atoms with Gasteiger partial charge in [-0.15, -0.1) is 0 Å². The largest absolute Gasteiger partial charge is 0.370 e. The maximum Gasteiger partial charge on any atom is 0.242 e. The Balaban J connectivity index is 2.26. The highest BCUT2D eigenvalue weighted by atomic mass is 32.2. The highest BCUT2D eigenvalue weighted by Crippen LogP contribution is 2.30. The number of anilines is 1. The van der Waals surface area contributed by atoms with Crippen molar-refractivity contribution in [2.24, 2.45) is 11.7 Å². The predicted molar refractivity (Wildman–Crippen MR) is 85.9 cm³/mol. The second-order valence-electron chi connectivity index (χ2n) is 5.92. The Morgan fingerprint density at radius 3 is 2.76 bits per heavy atom. The first kappa shape index (κ1) is 16.3. The van der Waals surface area contributed by atoms with Crippen molar-refractivity contribution in [3.05, 3.63) is 24.3 Å². The molecule has 5 nitrogen and oxygen atoms in total. The molecule has 1 fully saturated rings. The molecule has 1 atom stereocenters. The van der Waals surface area contributed by atoms with E-state index in [1.165, 1.54) is 0 Å². The minimum atomic E-state index is -3.47. The molecule has 6 heteroatoms. The van der Waals surface area contributed by atoms with Crippen molar-refractivity contribution >= 4 is 15.7 Å². The molecule has 3 N–H and O–H groups in total. The van der Waals surface area contributed by atoms with Crippen LogP contribution in [0.3, 0.4) is 0 Å². The average Bonchev–Trinajstić information content (AvgIpc) is 2.86. The Labute approximate surface area is 127 Å². The third kappa shape index (κ3) is 3.96. The van der Waals surface area contributed by atoms with Gasteiger partial charge in [-0.05, 0) is 51.3 Å².